The molecule has 1 N–H and O–H groups in total. The van der Waals surface area contributed by atoms with Crippen LogP contribution in [0.25, 0.3) is 0 Å². The lowest BCUT2D eigenvalue weighted by Gasteiger charge is -2.32. The van der Waals surface area contributed by atoms with E-state index in [-0.39, 0.29) is 12.7 Å². The Labute approximate surface area is 112 Å². The van der Waals surface area contributed by atoms with Gasteiger partial charge in [-0.3, -0.25) is 4.90 Å². The van der Waals surface area contributed by atoms with Crippen molar-refractivity contribution in [1.82, 2.24) is 4.90 Å². The zero-order chi connectivity index (χ0) is 12.8. The van der Waals surface area contributed by atoms with Crippen LogP contribution in [0.5, 0.6) is 5.75 Å². The fraction of sp³-hybridized carbons (Fsp3) is 0.538. The average Bonchev–Trinajstić information content (AvgIpc) is 2.39. The molecule has 1 aromatic carbocycles. The molecule has 0 aromatic heterocycles. The monoisotopic (exact) mass is 271 g/mol. The summed E-state index contributed by atoms with van der Waals surface area (Å²) in [6.07, 6.45) is 0.0565. The second-order valence-electron chi connectivity index (χ2n) is 4.28. The van der Waals surface area contributed by atoms with Crippen LogP contribution in [-0.4, -0.2) is 55.6 Å². The lowest BCUT2D eigenvalue weighted by atomic mass is 10.3. The van der Waals surface area contributed by atoms with Gasteiger partial charge in [0.05, 0.1) is 13.2 Å². The van der Waals surface area contributed by atoms with E-state index in [0.29, 0.717) is 24.8 Å². The van der Waals surface area contributed by atoms with E-state index < -0.39 is 0 Å². The van der Waals surface area contributed by atoms with Gasteiger partial charge in [-0.2, -0.15) is 0 Å². The van der Waals surface area contributed by atoms with Crippen LogP contribution in [0.15, 0.2) is 24.3 Å². The Balaban J connectivity index is 1.77. The molecule has 2 rings (SSSR count). The van der Waals surface area contributed by atoms with E-state index in [1.54, 1.807) is 12.1 Å². The second-order valence-corrected chi connectivity index (χ2v) is 4.72. The number of hydrogen-bond acceptors (Lipinski definition) is 4. The number of hydrogen-bond donors (Lipinski definition) is 1. The molecule has 0 aliphatic carbocycles. The molecule has 1 heterocycles. The third-order valence-electron chi connectivity index (χ3n) is 2.89. The summed E-state index contributed by atoms with van der Waals surface area (Å²) in [7, 11) is 0. The minimum absolute atomic E-state index is 0.0565. The van der Waals surface area contributed by atoms with Gasteiger partial charge < -0.3 is 14.6 Å². The first-order chi connectivity index (χ1) is 8.78. The molecule has 0 saturated carbocycles. The Kier molecular flexibility index (Phi) is 5.26. The molecule has 1 saturated heterocycles. The van der Waals surface area contributed by atoms with Crippen molar-refractivity contribution in [1.29, 1.82) is 0 Å². The molecular weight excluding hydrogens is 254 g/mol. The number of aliphatic hydroxyl groups is 1. The minimum atomic E-state index is 0.0565. The molecule has 100 valence electrons. The number of aliphatic hydroxyl groups excluding tert-OH is 1. The Morgan fingerprint density at radius 3 is 2.89 bits per heavy atom. The number of β-amino-alcohol motifs (C(OH)–C–C–N with tert-alkyl or cyclic N) is 1. The summed E-state index contributed by atoms with van der Waals surface area (Å²) in [5.74, 6) is 0.794. The van der Waals surface area contributed by atoms with E-state index in [4.69, 9.17) is 26.2 Å². The third-order valence-corrected chi connectivity index (χ3v) is 3.14. The van der Waals surface area contributed by atoms with Gasteiger partial charge in [0, 0.05) is 24.7 Å². The molecule has 18 heavy (non-hydrogen) atoms. The fourth-order valence-corrected chi connectivity index (χ4v) is 2.07. The van der Waals surface area contributed by atoms with Crippen LogP contribution in [0.2, 0.25) is 5.02 Å². The fourth-order valence-electron chi connectivity index (χ4n) is 1.95. The second kappa shape index (κ2) is 6.95. The lowest BCUT2D eigenvalue weighted by molar-refractivity contribution is -0.0508. The Morgan fingerprint density at radius 1 is 1.39 bits per heavy atom. The van der Waals surface area contributed by atoms with E-state index >= 15 is 0 Å². The van der Waals surface area contributed by atoms with Crippen LogP contribution in [0, 0.1) is 0 Å². The predicted molar refractivity (Wildman–Crippen MR) is 70.2 cm³/mol. The molecule has 1 aliphatic rings. The topological polar surface area (TPSA) is 41.9 Å². The van der Waals surface area contributed by atoms with Crippen LogP contribution < -0.4 is 4.74 Å². The molecule has 0 spiro atoms. The molecular formula is C13H18ClNO3. The highest BCUT2D eigenvalue weighted by molar-refractivity contribution is 6.30. The number of rotatable bonds is 5. The van der Waals surface area contributed by atoms with Gasteiger partial charge >= 0.3 is 0 Å². The minimum Gasteiger partial charge on any atom is -0.491 e. The van der Waals surface area contributed by atoms with Gasteiger partial charge in [-0.25, -0.2) is 0 Å². The molecule has 1 aromatic rings. The van der Waals surface area contributed by atoms with Crippen LogP contribution >= 0.6 is 11.6 Å². The standard InChI is InChI=1S/C13H18ClNO3/c14-11-1-3-12(4-2-11)18-10-13-9-15(5-7-16)6-8-17-13/h1-4,13,16H,5-10H2/t13-/m1/s1. The smallest absolute Gasteiger partial charge is 0.119 e. The Hall–Kier alpha value is -0.810. The molecule has 1 fully saturated rings. The summed E-state index contributed by atoms with van der Waals surface area (Å²) in [5.41, 5.74) is 0. The summed E-state index contributed by atoms with van der Waals surface area (Å²) >= 11 is 5.80. The van der Waals surface area contributed by atoms with Gasteiger partial charge in [0.2, 0.25) is 0 Å². The first-order valence-electron chi connectivity index (χ1n) is 6.11. The highest BCUT2D eigenvalue weighted by atomic mass is 35.5. The van der Waals surface area contributed by atoms with Crippen molar-refractivity contribution in [2.45, 2.75) is 6.10 Å². The zero-order valence-electron chi connectivity index (χ0n) is 10.2. The maximum absolute atomic E-state index is 8.91. The molecule has 0 bridgehead atoms. The van der Waals surface area contributed by atoms with E-state index in [2.05, 4.69) is 4.90 Å². The number of ether oxygens (including phenoxy) is 2. The molecule has 4 nitrogen and oxygen atoms in total. The number of nitrogens with zero attached hydrogens (tertiary/aromatic N) is 1. The highest BCUT2D eigenvalue weighted by Crippen LogP contribution is 2.16. The zero-order valence-corrected chi connectivity index (χ0v) is 11.0. The Bertz CT molecular complexity index is 356. The van der Waals surface area contributed by atoms with Crippen LogP contribution in [0.4, 0.5) is 0 Å². The first-order valence-corrected chi connectivity index (χ1v) is 6.49. The summed E-state index contributed by atoms with van der Waals surface area (Å²) in [4.78, 5) is 2.18. The normalized spacial score (nSPS) is 20.9. The molecule has 0 unspecified atom stereocenters. The van der Waals surface area contributed by atoms with Gasteiger partial charge in [0.15, 0.2) is 0 Å². The SMILES string of the molecule is OCCN1CCO[C@@H](COc2ccc(Cl)cc2)C1. The molecule has 0 amide bonds. The van der Waals surface area contributed by atoms with Gasteiger partial charge in [0.1, 0.15) is 18.5 Å². The molecule has 1 aliphatic heterocycles. The highest BCUT2D eigenvalue weighted by Gasteiger charge is 2.20. The maximum atomic E-state index is 8.91. The van der Waals surface area contributed by atoms with Crippen molar-refractivity contribution in [2.75, 3.05) is 39.5 Å². The predicted octanol–water partition coefficient (Wildman–Crippen LogP) is 1.41. The molecule has 0 radical (unpaired) electrons. The number of morpholine rings is 1. The van der Waals surface area contributed by atoms with Crippen molar-refractivity contribution in [2.24, 2.45) is 0 Å². The van der Waals surface area contributed by atoms with Crippen molar-refractivity contribution in [3.05, 3.63) is 29.3 Å². The van der Waals surface area contributed by atoms with E-state index in [1.807, 2.05) is 12.1 Å². The lowest BCUT2D eigenvalue weighted by Crippen LogP contribution is -2.45. The van der Waals surface area contributed by atoms with E-state index in [0.717, 1.165) is 18.8 Å². The van der Waals surface area contributed by atoms with Crippen molar-refractivity contribution >= 4 is 11.6 Å². The van der Waals surface area contributed by atoms with Gasteiger partial charge in [-0.05, 0) is 24.3 Å². The summed E-state index contributed by atoms with van der Waals surface area (Å²) in [6.45, 7) is 3.76. The number of halogens is 1. The average molecular weight is 272 g/mol. The van der Waals surface area contributed by atoms with Crippen LogP contribution in [0.3, 0.4) is 0 Å². The third kappa shape index (κ3) is 4.14. The van der Waals surface area contributed by atoms with Gasteiger partial charge in [-0.1, -0.05) is 11.6 Å². The van der Waals surface area contributed by atoms with E-state index in [1.165, 1.54) is 0 Å². The van der Waals surface area contributed by atoms with Gasteiger partial charge in [-0.15, -0.1) is 0 Å². The number of benzene rings is 1. The van der Waals surface area contributed by atoms with E-state index in [9.17, 15) is 0 Å². The Morgan fingerprint density at radius 2 is 2.17 bits per heavy atom. The van der Waals surface area contributed by atoms with Crippen molar-refractivity contribution in [3.8, 4) is 5.75 Å². The van der Waals surface area contributed by atoms with Crippen molar-refractivity contribution < 1.29 is 14.6 Å². The largest absolute Gasteiger partial charge is 0.491 e. The van der Waals surface area contributed by atoms with Crippen molar-refractivity contribution in [3.63, 3.8) is 0 Å². The van der Waals surface area contributed by atoms with Gasteiger partial charge in [0.25, 0.3) is 0 Å². The molecule has 5 heteroatoms. The van der Waals surface area contributed by atoms with Crippen LogP contribution in [0.1, 0.15) is 0 Å². The molecule has 1 atom stereocenters. The summed E-state index contributed by atoms with van der Waals surface area (Å²) < 4.78 is 11.3. The van der Waals surface area contributed by atoms with Crippen LogP contribution in [-0.2, 0) is 4.74 Å². The summed E-state index contributed by atoms with van der Waals surface area (Å²) in [6, 6.07) is 7.29. The summed E-state index contributed by atoms with van der Waals surface area (Å²) in [5, 5.41) is 9.61. The maximum Gasteiger partial charge on any atom is 0.119 e. The first kappa shape index (κ1) is 13.6. The quantitative estimate of drug-likeness (QED) is 0.879.